The molecule has 32 heteroatoms. The zero-order valence-electron chi connectivity index (χ0n) is 76.6. The van der Waals surface area contributed by atoms with Crippen molar-refractivity contribution in [3.05, 3.63) is 91.0 Å². The quantitative estimate of drug-likeness (QED) is 0.0197. The minimum Gasteiger partial charge on any atom is -0.743 e. The fourth-order valence-corrected chi connectivity index (χ4v) is 16.9. The van der Waals surface area contributed by atoms with Crippen molar-refractivity contribution in [2.24, 2.45) is 68.0 Å². The van der Waals surface area contributed by atoms with E-state index < -0.39 is 144 Å². The van der Waals surface area contributed by atoms with Gasteiger partial charge in [0.05, 0.1) is 76.0 Å². The Morgan fingerprint density at radius 3 is 1.36 bits per heavy atom. The first kappa shape index (κ1) is 108. The summed E-state index contributed by atoms with van der Waals surface area (Å²) in [6, 6.07) is 32.2. The number of ether oxygens (including phenoxy) is 11. The first-order chi connectivity index (χ1) is 57.2. The third-order valence-corrected chi connectivity index (χ3v) is 27.8. The molecule has 4 aliphatic carbocycles. The Labute approximate surface area is 731 Å². The minimum atomic E-state index is -6.66. The number of esters is 11. The molecule has 9 rings (SSSR count). The summed E-state index contributed by atoms with van der Waals surface area (Å²) in [6.45, 7) is 39.4. The number of hydrogen-bond acceptors (Lipinski definition) is 25. The second-order valence-electron chi connectivity index (χ2n) is 36.9. The van der Waals surface area contributed by atoms with Crippen LogP contribution in [0.15, 0.2) is 106 Å². The minimum absolute atomic E-state index is 0.0146. The lowest BCUT2D eigenvalue weighted by atomic mass is 9.75. The molecule has 4 saturated carbocycles. The summed E-state index contributed by atoms with van der Waals surface area (Å²) in [5, 5.41) is -5.81. The number of alkyl halides is 5. The van der Waals surface area contributed by atoms with Crippen molar-refractivity contribution >= 4 is 86.7 Å². The molecule has 0 N–H and O–H groups in total. The molecule has 0 radical (unpaired) electrons. The number of hydrogen-bond donors (Lipinski definition) is 0. The van der Waals surface area contributed by atoms with Crippen molar-refractivity contribution in [2.75, 3.05) is 26.9 Å². The van der Waals surface area contributed by atoms with Crippen molar-refractivity contribution in [3.63, 3.8) is 0 Å². The van der Waals surface area contributed by atoms with Gasteiger partial charge in [-0.3, -0.25) is 43.2 Å². The first-order valence-corrected chi connectivity index (χ1v) is 45.2. The molecule has 6 aliphatic rings. The van der Waals surface area contributed by atoms with Crippen LogP contribution in [0.25, 0.3) is 0 Å². The van der Waals surface area contributed by atoms with Crippen LogP contribution in [-0.2, 0) is 126 Å². The van der Waals surface area contributed by atoms with Crippen LogP contribution in [0.1, 0.15) is 256 Å². The van der Waals surface area contributed by atoms with Crippen LogP contribution >= 0.6 is 0 Å². The molecule has 2 bridgehead atoms. The lowest BCUT2D eigenvalue weighted by Gasteiger charge is -2.39. The molecule has 3 aromatic carbocycles. The number of benzene rings is 3. The van der Waals surface area contributed by atoms with Gasteiger partial charge in [0.2, 0.25) is 5.60 Å². The molecule has 2 aliphatic heterocycles. The molecule has 698 valence electrons. The maximum absolute atomic E-state index is 13.0. The van der Waals surface area contributed by atoms with Gasteiger partial charge in [0, 0.05) is 30.1 Å². The van der Waals surface area contributed by atoms with Crippen LogP contribution < -0.4 is 0 Å². The Balaban J connectivity index is 0.000000314. The maximum Gasteiger partial charge on any atom is 0.432 e. The van der Waals surface area contributed by atoms with E-state index in [2.05, 4.69) is 103 Å². The summed E-state index contributed by atoms with van der Waals surface area (Å²) in [6.07, 6.45) is 1.09. The Morgan fingerprint density at radius 2 is 0.968 bits per heavy atom. The van der Waals surface area contributed by atoms with Crippen molar-refractivity contribution in [1.82, 2.24) is 0 Å². The first-order valence-electron chi connectivity index (χ1n) is 42.5. The summed E-state index contributed by atoms with van der Waals surface area (Å²) < 4.78 is 151. The summed E-state index contributed by atoms with van der Waals surface area (Å²) >= 11 is 0. The highest BCUT2D eigenvalue weighted by atomic mass is 32.2. The molecule has 3 aromatic rings. The number of rotatable bonds is 30. The Morgan fingerprint density at radius 1 is 0.548 bits per heavy atom. The van der Waals surface area contributed by atoms with Crippen LogP contribution in [0.4, 0.5) is 22.0 Å². The predicted octanol–water partition coefficient (Wildman–Crippen LogP) is 17.7. The Hall–Kier alpha value is -8.26. The second-order valence-corrected chi connectivity index (χ2v) is 40.4. The molecule has 10 atom stereocenters. The SMILES string of the molecule is CCC(C)(C)C(=O)OC(C(F)(F)F)C(F)(F)S(=O)(=O)[O-].CCC(C)(C)C(=O)OC1C2CC3C1OC(=O)C3C2C(=O)OC.CCC(C)(C)C(=O)OCC(=O)OC1(C2CCCC2)C(C)OC(=O)C1C.CCC(C)(C)C(=O)OCC(C)(C)COC(=O)C(C)(C)OC(C)=O.CCC1(OC(=O)C(C)(C)CC)CCCC1.c1ccc([S+](c2ccccc2)c2ccccc2)cc1. The van der Waals surface area contributed by atoms with Crippen molar-refractivity contribution in [2.45, 2.75) is 323 Å². The van der Waals surface area contributed by atoms with Crippen molar-refractivity contribution in [3.8, 4) is 0 Å². The molecule has 2 saturated heterocycles. The monoisotopic (exact) mass is 1800 g/mol. The fraction of sp³-hybridized carbons (Fsp3) is 0.685. The largest absolute Gasteiger partial charge is 0.743 e. The average Bonchev–Trinajstić information content (AvgIpc) is 1.54. The van der Waals surface area contributed by atoms with E-state index in [-0.39, 0.29) is 89.1 Å². The molecular formula is C92H133F5O25S2. The average molecular weight is 1800 g/mol. The number of cyclic esters (lactones) is 1. The van der Waals surface area contributed by atoms with Gasteiger partial charge >= 0.3 is 77.1 Å². The highest BCUT2D eigenvalue weighted by molar-refractivity contribution is 7.97. The molecule has 6 fully saturated rings. The van der Waals surface area contributed by atoms with E-state index in [4.69, 9.17) is 47.4 Å². The van der Waals surface area contributed by atoms with Gasteiger partial charge in [-0.15, -0.1) is 0 Å². The van der Waals surface area contributed by atoms with Crippen molar-refractivity contribution < 1.29 is 140 Å². The maximum atomic E-state index is 13.0. The third-order valence-electron chi connectivity index (χ3n) is 24.7. The van der Waals surface area contributed by atoms with Crippen LogP contribution in [0.3, 0.4) is 0 Å². The van der Waals surface area contributed by atoms with Gasteiger partial charge in [0.25, 0.3) is 6.10 Å². The molecule has 0 aromatic heterocycles. The lowest BCUT2D eigenvalue weighted by molar-refractivity contribution is -0.262. The van der Waals surface area contributed by atoms with Gasteiger partial charge in [-0.2, -0.15) is 22.0 Å². The molecule has 0 spiro atoms. The van der Waals surface area contributed by atoms with E-state index in [1.165, 1.54) is 62.3 Å². The van der Waals surface area contributed by atoms with Crippen LogP contribution in [0, 0.1) is 68.0 Å². The molecule has 124 heavy (non-hydrogen) atoms. The van der Waals surface area contributed by atoms with Crippen LogP contribution in [0.2, 0.25) is 0 Å². The normalized spacial score (nSPS) is 21.9. The van der Waals surface area contributed by atoms with Crippen molar-refractivity contribution in [1.29, 1.82) is 0 Å². The number of carbonyl (C=O) groups excluding carboxylic acids is 11. The third kappa shape index (κ3) is 28.1. The summed E-state index contributed by atoms with van der Waals surface area (Å²) in [5.74, 6) is -7.28. The van der Waals surface area contributed by atoms with Crippen LogP contribution in [-0.4, -0.2) is 158 Å². The highest BCUT2D eigenvalue weighted by Crippen LogP contribution is 2.59. The van der Waals surface area contributed by atoms with E-state index >= 15 is 0 Å². The zero-order chi connectivity index (χ0) is 94.5. The van der Waals surface area contributed by atoms with E-state index in [0.717, 1.165) is 65.2 Å². The van der Waals surface area contributed by atoms with E-state index in [1.54, 1.807) is 27.7 Å². The second kappa shape index (κ2) is 44.5. The van der Waals surface area contributed by atoms with Gasteiger partial charge < -0.3 is 56.7 Å². The molecule has 10 unspecified atom stereocenters. The molecule has 0 amide bonds. The Bertz CT molecular complexity index is 4100. The molecular weight excluding hydrogens is 1660 g/mol. The number of halogens is 5. The van der Waals surface area contributed by atoms with E-state index in [0.29, 0.717) is 25.7 Å². The van der Waals surface area contributed by atoms with Gasteiger partial charge in [0.1, 0.15) is 23.9 Å². The number of fused-ring (bicyclic) bond motifs is 1. The lowest BCUT2D eigenvalue weighted by Crippen LogP contribution is -2.53. The number of methoxy groups -OCH3 is 1. The van der Waals surface area contributed by atoms with Gasteiger partial charge in [-0.1, -0.05) is 123 Å². The Kier molecular flexibility index (Phi) is 38.7. The topological polar surface area (TPSA) is 346 Å². The predicted molar refractivity (Wildman–Crippen MR) is 448 cm³/mol. The highest BCUT2D eigenvalue weighted by Gasteiger charge is 2.71. The summed E-state index contributed by atoms with van der Waals surface area (Å²) in [7, 11) is -5.36. The van der Waals surface area contributed by atoms with Crippen LogP contribution in [0.5, 0.6) is 0 Å². The smallest absolute Gasteiger partial charge is 0.432 e. The summed E-state index contributed by atoms with van der Waals surface area (Å²) in [5.41, 5.74) is -6.63. The molecule has 2 heterocycles. The van der Waals surface area contributed by atoms with Gasteiger partial charge in [-0.05, 0) is 217 Å². The summed E-state index contributed by atoms with van der Waals surface area (Å²) in [4.78, 5) is 135. The standard InChI is InChI=1S/C19H30O6.C18H15S.C17H30O6.C16H22O6.C13H24O2.C9H13F5O5S/c1-6-18(4,5)17(22)23-11-15(20)25-19(14-9-7-8-10-14)12(2)16(21)24-13(19)3;1-4-10-16(11-5-1)19(17-12-6-2-7-13-17)18-14-8-3-9-15-18;1-9-16(5,6)13(19)21-10-15(3,4)11-22-14(20)17(7,8)23-12(2)18;1-5-16(2,3)15(19)22-12-7-6-8-10(9(7)13(17)20-4)14(18)21-11(8)12;1-5-12(3,4)11(14)15-13(6-2)9-7-8-10-13;1-4-7(2,3)6(15)19-5(8(10,11)12)9(13,14)20(16,17)18/h12-14H,6-11H2,1-5H3;1-15H;9-11H2,1-8H3;7-12H,5-6H2,1-4H3;5-10H2,1-4H3;5H,4H2,1-3H3,(H,16,17,18)/q;+1;;;;/p-1. The van der Waals surface area contributed by atoms with Gasteiger partial charge in [0.15, 0.2) is 37.0 Å². The zero-order valence-corrected chi connectivity index (χ0v) is 78.2. The van der Waals surface area contributed by atoms with Gasteiger partial charge in [-0.25, -0.2) is 18.0 Å². The van der Waals surface area contributed by atoms with E-state index in [1.807, 2.05) is 83.1 Å². The fourth-order valence-electron chi connectivity index (χ4n) is 14.4. The molecule has 25 nitrogen and oxygen atoms in total. The van der Waals surface area contributed by atoms with E-state index in [9.17, 15) is 87.7 Å². The number of carbonyl (C=O) groups is 11.